The van der Waals surface area contributed by atoms with Crippen LogP contribution in [0.2, 0.25) is 0 Å². The van der Waals surface area contributed by atoms with E-state index in [1.54, 1.807) is 30.6 Å². The zero-order valence-electron chi connectivity index (χ0n) is 17.8. The number of hydrogen-bond acceptors (Lipinski definition) is 3. The number of aromatic nitrogens is 1. The van der Waals surface area contributed by atoms with E-state index in [4.69, 9.17) is 1.43 Å². The van der Waals surface area contributed by atoms with Crippen molar-refractivity contribution in [3.8, 4) is 0 Å². The molecule has 2 N–H and O–H groups in total. The molecular formula is C24H25F3N2O. The number of benzene rings is 2. The molecule has 1 aliphatic carbocycles. The van der Waals surface area contributed by atoms with Gasteiger partial charge in [-0.3, -0.25) is 4.98 Å². The molecule has 2 atom stereocenters. The van der Waals surface area contributed by atoms with Crippen molar-refractivity contribution in [3.05, 3.63) is 72.1 Å². The monoisotopic (exact) mass is 415 g/mol. The number of anilines is 1. The zero-order chi connectivity index (χ0) is 22.1. The molecule has 0 fully saturated rings. The average molecular weight is 415 g/mol. The molecule has 6 heteroatoms. The van der Waals surface area contributed by atoms with Crippen LogP contribution in [0.5, 0.6) is 0 Å². The van der Waals surface area contributed by atoms with Crippen molar-refractivity contribution in [3.63, 3.8) is 0 Å². The van der Waals surface area contributed by atoms with Gasteiger partial charge in [0.15, 0.2) is 5.60 Å². The third-order valence-corrected chi connectivity index (χ3v) is 6.28. The van der Waals surface area contributed by atoms with E-state index >= 15 is 0 Å². The number of alkyl halides is 3. The van der Waals surface area contributed by atoms with E-state index in [0.717, 1.165) is 34.7 Å². The molecule has 30 heavy (non-hydrogen) atoms. The van der Waals surface area contributed by atoms with Gasteiger partial charge in [0, 0.05) is 28.9 Å². The molecule has 3 nitrogen and oxygen atoms in total. The maximum absolute atomic E-state index is 14.4. The molecular weight excluding hydrogens is 389 g/mol. The van der Waals surface area contributed by atoms with E-state index in [1.165, 1.54) is 0 Å². The first-order valence-corrected chi connectivity index (χ1v) is 10.1. The van der Waals surface area contributed by atoms with Crippen LogP contribution in [-0.4, -0.2) is 29.8 Å². The van der Waals surface area contributed by atoms with Crippen molar-refractivity contribution in [1.82, 2.24) is 4.98 Å². The Kier molecular flexibility index (Phi) is 4.89. The Morgan fingerprint density at radius 3 is 2.80 bits per heavy atom. The summed E-state index contributed by atoms with van der Waals surface area (Å²) >= 11 is 0. The Morgan fingerprint density at radius 1 is 1.17 bits per heavy atom. The number of rotatable bonds is 6. The SMILES string of the molecule is [2H]OC(CNc1cccc2cnccc12)(CC1(C)CCCc2ccccc21)C(F)(F)F. The van der Waals surface area contributed by atoms with E-state index in [-0.39, 0.29) is 6.42 Å². The van der Waals surface area contributed by atoms with Crippen LogP contribution in [0.25, 0.3) is 10.8 Å². The minimum atomic E-state index is -4.72. The van der Waals surface area contributed by atoms with E-state index in [9.17, 15) is 13.2 Å². The van der Waals surface area contributed by atoms with Crippen LogP contribution in [0.15, 0.2) is 60.9 Å². The highest BCUT2D eigenvalue weighted by atomic mass is 19.4. The Bertz CT molecular complexity index is 1070. The van der Waals surface area contributed by atoms with Gasteiger partial charge in [0.1, 0.15) is 0 Å². The van der Waals surface area contributed by atoms with Gasteiger partial charge in [0.2, 0.25) is 1.43 Å². The summed E-state index contributed by atoms with van der Waals surface area (Å²) in [5.41, 5.74) is -0.841. The number of pyridine rings is 1. The highest BCUT2D eigenvalue weighted by molar-refractivity contribution is 5.93. The smallest absolute Gasteiger partial charge is 0.381 e. The highest BCUT2D eigenvalue weighted by Gasteiger charge is 2.57. The topological polar surface area (TPSA) is 45.1 Å². The fourth-order valence-electron chi connectivity index (χ4n) is 4.72. The van der Waals surface area contributed by atoms with Gasteiger partial charge in [-0.05, 0) is 54.4 Å². The van der Waals surface area contributed by atoms with Crippen molar-refractivity contribution in [2.75, 3.05) is 11.9 Å². The standard InChI is InChI=1S/C24H25F3N2O/c1-22(12-5-8-17-6-2-3-9-20(17)22)15-23(30,24(25,26)27)16-29-21-10-4-7-18-14-28-13-11-19(18)21/h2-4,6-7,9-11,13-14,29-30H,5,8,12,15-16H2,1H3/i30D. The second-order valence-corrected chi connectivity index (χ2v) is 8.50. The number of aliphatic hydroxyl groups is 1. The van der Waals surface area contributed by atoms with E-state index in [2.05, 4.69) is 15.4 Å². The summed E-state index contributed by atoms with van der Waals surface area (Å²) in [5, 5.41) is 9.09. The Labute approximate surface area is 175 Å². The molecule has 2 aromatic carbocycles. The van der Waals surface area contributed by atoms with Gasteiger partial charge in [-0.25, -0.2) is 0 Å². The third kappa shape index (κ3) is 3.76. The molecule has 1 aliphatic rings. The summed E-state index contributed by atoms with van der Waals surface area (Å²) in [5.74, 6) is 0. The lowest BCUT2D eigenvalue weighted by Gasteiger charge is -2.43. The minimum Gasteiger partial charge on any atom is -0.381 e. The van der Waals surface area contributed by atoms with Gasteiger partial charge < -0.3 is 10.4 Å². The lowest BCUT2D eigenvalue weighted by atomic mass is 9.66. The lowest BCUT2D eigenvalue weighted by molar-refractivity contribution is -0.261. The first-order chi connectivity index (χ1) is 14.8. The Morgan fingerprint density at radius 2 is 2.00 bits per heavy atom. The molecule has 2 unspecified atom stereocenters. The molecule has 1 heterocycles. The minimum absolute atomic E-state index is 0.330. The van der Waals surface area contributed by atoms with Crippen molar-refractivity contribution in [2.24, 2.45) is 0 Å². The number of nitrogens with one attached hydrogen (secondary N) is 1. The fraction of sp³-hybridized carbons (Fsp3) is 0.375. The molecule has 0 bridgehead atoms. The van der Waals surface area contributed by atoms with Crippen LogP contribution in [0.4, 0.5) is 18.9 Å². The van der Waals surface area contributed by atoms with E-state index < -0.39 is 23.7 Å². The predicted molar refractivity (Wildman–Crippen MR) is 113 cm³/mol. The number of hydrogen-bond donors (Lipinski definition) is 2. The number of aryl methyl sites for hydroxylation is 1. The molecule has 158 valence electrons. The van der Waals surface area contributed by atoms with Crippen LogP contribution >= 0.6 is 0 Å². The molecule has 0 saturated heterocycles. The summed E-state index contributed by atoms with van der Waals surface area (Å²) in [6, 6.07) is 14.8. The average Bonchev–Trinajstić information content (AvgIpc) is 2.76. The summed E-state index contributed by atoms with van der Waals surface area (Å²) in [4.78, 5) is 4.06. The maximum atomic E-state index is 14.4. The van der Waals surface area contributed by atoms with Crippen molar-refractivity contribution in [1.29, 1.82) is 1.43 Å². The van der Waals surface area contributed by atoms with Gasteiger partial charge in [0.05, 0.1) is 6.54 Å². The number of nitrogens with zero attached hydrogens (tertiary/aromatic N) is 1. The molecule has 0 spiro atoms. The van der Waals surface area contributed by atoms with Crippen molar-refractivity contribution < 1.29 is 18.3 Å². The third-order valence-electron chi connectivity index (χ3n) is 6.28. The molecule has 0 radical (unpaired) electrons. The van der Waals surface area contributed by atoms with Gasteiger partial charge in [-0.1, -0.05) is 43.3 Å². The van der Waals surface area contributed by atoms with Crippen molar-refractivity contribution >= 4 is 16.5 Å². The number of fused-ring (bicyclic) bond motifs is 2. The molecule has 3 aromatic rings. The fourth-order valence-corrected chi connectivity index (χ4v) is 4.72. The largest absolute Gasteiger partial charge is 0.418 e. The maximum Gasteiger partial charge on any atom is 0.418 e. The second-order valence-electron chi connectivity index (χ2n) is 8.50. The molecule has 0 aliphatic heterocycles. The summed E-state index contributed by atoms with van der Waals surface area (Å²) in [6.07, 6.45) is 0.500. The normalized spacial score (nSPS) is 21.5. The van der Waals surface area contributed by atoms with Crippen LogP contribution in [0.1, 0.15) is 37.3 Å². The quantitative estimate of drug-likeness (QED) is 0.549. The zero-order valence-corrected chi connectivity index (χ0v) is 16.8. The van der Waals surface area contributed by atoms with Crippen LogP contribution in [-0.2, 0) is 11.8 Å². The second kappa shape index (κ2) is 7.58. The van der Waals surface area contributed by atoms with Gasteiger partial charge in [-0.15, -0.1) is 0 Å². The van der Waals surface area contributed by atoms with E-state index in [0.29, 0.717) is 12.1 Å². The summed E-state index contributed by atoms with van der Waals surface area (Å²) < 4.78 is 50.7. The van der Waals surface area contributed by atoms with Crippen LogP contribution in [0, 0.1) is 0 Å². The molecule has 0 amide bonds. The number of halogens is 3. The molecule has 0 saturated carbocycles. The van der Waals surface area contributed by atoms with Gasteiger partial charge in [-0.2, -0.15) is 13.2 Å². The van der Waals surface area contributed by atoms with Gasteiger partial charge in [0.25, 0.3) is 0 Å². The lowest BCUT2D eigenvalue weighted by Crippen LogP contribution is -2.54. The first kappa shape index (κ1) is 19.4. The van der Waals surface area contributed by atoms with Crippen LogP contribution < -0.4 is 5.32 Å². The highest BCUT2D eigenvalue weighted by Crippen LogP contribution is 2.46. The van der Waals surface area contributed by atoms with Crippen molar-refractivity contribution in [2.45, 2.75) is 49.8 Å². The van der Waals surface area contributed by atoms with Gasteiger partial charge >= 0.3 is 6.18 Å². The molecule has 4 rings (SSSR count). The van der Waals surface area contributed by atoms with Crippen LogP contribution in [0.3, 0.4) is 0 Å². The first-order valence-electron chi connectivity index (χ1n) is 10.5. The summed E-state index contributed by atoms with van der Waals surface area (Å²) in [7, 11) is 0. The Hall–Kier alpha value is -2.60. The molecule has 1 aromatic heterocycles. The predicted octanol–water partition coefficient (Wildman–Crippen LogP) is 5.62. The van der Waals surface area contributed by atoms with E-state index in [1.807, 2.05) is 37.3 Å². The summed E-state index contributed by atoms with van der Waals surface area (Å²) in [6.45, 7) is 1.30. The Balaban J connectivity index is 1.68.